The molecule has 3 heteroatoms. The maximum absolute atomic E-state index is 13.3. The van der Waals surface area contributed by atoms with Gasteiger partial charge in [-0.25, -0.2) is 0 Å². The predicted molar refractivity (Wildman–Crippen MR) is 93.4 cm³/mol. The zero-order valence-electron chi connectivity index (χ0n) is 16.3. The van der Waals surface area contributed by atoms with Crippen molar-refractivity contribution in [2.75, 3.05) is 0 Å². The third kappa shape index (κ3) is 2.37. The number of aliphatic hydroxyl groups is 1. The monoisotopic (exact) mass is 334 g/mol. The Morgan fingerprint density at radius 1 is 1.08 bits per heavy atom. The molecule has 4 rings (SSSR count). The van der Waals surface area contributed by atoms with Crippen LogP contribution in [0.3, 0.4) is 0 Å². The van der Waals surface area contributed by atoms with Crippen LogP contribution in [-0.4, -0.2) is 22.3 Å². The molecular weight excluding hydrogens is 300 g/mol. The van der Waals surface area contributed by atoms with Gasteiger partial charge in [-0.05, 0) is 67.6 Å². The molecule has 2 bridgehead atoms. The van der Waals surface area contributed by atoms with Crippen LogP contribution in [0.5, 0.6) is 0 Å². The SMILES string of the molecule is CC(C)(C)CC1(C(=O)OC23CC4CC4(CC(C)(O)C2)C3)CC1(C)C. The summed E-state index contributed by atoms with van der Waals surface area (Å²) in [6, 6.07) is 0. The fourth-order valence-electron chi connectivity index (χ4n) is 6.77. The van der Waals surface area contributed by atoms with E-state index in [-0.39, 0.29) is 27.6 Å². The lowest BCUT2D eigenvalue weighted by Crippen LogP contribution is -2.49. The van der Waals surface area contributed by atoms with Crippen LogP contribution >= 0.6 is 0 Å². The number of ether oxygens (including phenoxy) is 1. The van der Waals surface area contributed by atoms with Crippen LogP contribution in [0.1, 0.15) is 86.5 Å². The van der Waals surface area contributed by atoms with Gasteiger partial charge in [0, 0.05) is 6.42 Å². The molecule has 4 fully saturated rings. The highest BCUT2D eigenvalue weighted by Crippen LogP contribution is 2.75. The molecule has 0 saturated heterocycles. The molecule has 0 aliphatic heterocycles. The summed E-state index contributed by atoms with van der Waals surface area (Å²) >= 11 is 0. The summed E-state index contributed by atoms with van der Waals surface area (Å²) in [7, 11) is 0. The van der Waals surface area contributed by atoms with Gasteiger partial charge in [-0.15, -0.1) is 0 Å². The molecule has 5 unspecified atom stereocenters. The lowest BCUT2D eigenvalue weighted by molar-refractivity contribution is -0.183. The van der Waals surface area contributed by atoms with Crippen molar-refractivity contribution in [1.82, 2.24) is 0 Å². The van der Waals surface area contributed by atoms with Crippen LogP contribution < -0.4 is 0 Å². The molecule has 0 heterocycles. The van der Waals surface area contributed by atoms with Gasteiger partial charge in [-0.1, -0.05) is 34.6 Å². The quantitative estimate of drug-likeness (QED) is 0.775. The van der Waals surface area contributed by atoms with Crippen LogP contribution in [0.25, 0.3) is 0 Å². The average molecular weight is 335 g/mol. The summed E-state index contributed by atoms with van der Waals surface area (Å²) in [5.41, 5.74) is -0.987. The van der Waals surface area contributed by atoms with E-state index in [0.717, 1.165) is 32.1 Å². The number of esters is 1. The fourth-order valence-corrected chi connectivity index (χ4v) is 6.77. The van der Waals surface area contributed by atoms with Gasteiger partial charge >= 0.3 is 5.97 Å². The zero-order valence-corrected chi connectivity index (χ0v) is 16.3. The van der Waals surface area contributed by atoms with Gasteiger partial charge in [0.25, 0.3) is 0 Å². The highest BCUT2D eigenvalue weighted by atomic mass is 16.6. The number of carbonyl (C=O) groups excluding carboxylic acids is 1. The first kappa shape index (κ1) is 16.9. The van der Waals surface area contributed by atoms with Crippen molar-refractivity contribution < 1.29 is 14.6 Å². The first-order chi connectivity index (χ1) is 10.7. The Hall–Kier alpha value is -0.570. The maximum Gasteiger partial charge on any atom is 0.313 e. The maximum atomic E-state index is 13.3. The molecule has 0 amide bonds. The fraction of sp³-hybridized carbons (Fsp3) is 0.952. The Morgan fingerprint density at radius 2 is 1.71 bits per heavy atom. The van der Waals surface area contributed by atoms with E-state index in [1.165, 1.54) is 6.42 Å². The van der Waals surface area contributed by atoms with Crippen molar-refractivity contribution in [3.63, 3.8) is 0 Å². The minimum atomic E-state index is -0.681. The Bertz CT molecular complexity index is 599. The second-order valence-corrected chi connectivity index (χ2v) is 11.9. The highest BCUT2D eigenvalue weighted by Gasteiger charge is 2.74. The van der Waals surface area contributed by atoms with E-state index in [1.54, 1.807) is 0 Å². The number of hydrogen-bond acceptors (Lipinski definition) is 3. The van der Waals surface area contributed by atoms with Crippen LogP contribution in [0.15, 0.2) is 0 Å². The van der Waals surface area contributed by atoms with Gasteiger partial charge in [0.2, 0.25) is 0 Å². The summed E-state index contributed by atoms with van der Waals surface area (Å²) < 4.78 is 6.31. The van der Waals surface area contributed by atoms with E-state index in [1.807, 2.05) is 6.92 Å². The van der Waals surface area contributed by atoms with Crippen LogP contribution in [0.2, 0.25) is 0 Å². The number of hydrogen-bond donors (Lipinski definition) is 1. The van der Waals surface area contributed by atoms with Crippen molar-refractivity contribution in [3.8, 4) is 0 Å². The van der Waals surface area contributed by atoms with Crippen molar-refractivity contribution in [2.45, 2.75) is 97.7 Å². The van der Waals surface area contributed by atoms with E-state index in [4.69, 9.17) is 4.74 Å². The normalized spacial score (nSPS) is 51.0. The third-order valence-corrected chi connectivity index (χ3v) is 7.53. The first-order valence-corrected chi connectivity index (χ1v) is 9.68. The summed E-state index contributed by atoms with van der Waals surface area (Å²) in [6.07, 6.45) is 6.50. The van der Waals surface area contributed by atoms with Gasteiger partial charge in [-0.2, -0.15) is 0 Å². The molecule has 4 aliphatic carbocycles. The van der Waals surface area contributed by atoms with Gasteiger partial charge in [-0.3, -0.25) is 4.79 Å². The summed E-state index contributed by atoms with van der Waals surface area (Å²) in [4.78, 5) is 13.3. The smallest absolute Gasteiger partial charge is 0.313 e. The molecule has 4 saturated carbocycles. The highest BCUT2D eigenvalue weighted by molar-refractivity contribution is 5.82. The second-order valence-electron chi connectivity index (χ2n) is 11.9. The molecule has 0 radical (unpaired) electrons. The van der Waals surface area contributed by atoms with E-state index in [9.17, 15) is 9.90 Å². The number of fused-ring (bicyclic) bond motifs is 1. The molecule has 1 spiro atoms. The molecule has 1 N–H and O–H groups in total. The Kier molecular flexibility index (Phi) is 2.96. The molecule has 0 aromatic rings. The predicted octanol–water partition coefficient (Wildman–Crippen LogP) is 4.47. The topological polar surface area (TPSA) is 46.5 Å². The van der Waals surface area contributed by atoms with Crippen LogP contribution in [0.4, 0.5) is 0 Å². The minimum Gasteiger partial charge on any atom is -0.458 e. The van der Waals surface area contributed by atoms with Gasteiger partial charge in [0.05, 0.1) is 11.0 Å². The lowest BCUT2D eigenvalue weighted by atomic mass is 9.71. The second kappa shape index (κ2) is 4.22. The molecule has 3 nitrogen and oxygen atoms in total. The first-order valence-electron chi connectivity index (χ1n) is 9.68. The zero-order chi connectivity index (χ0) is 17.8. The molecule has 4 aliphatic rings. The van der Waals surface area contributed by atoms with Crippen LogP contribution in [-0.2, 0) is 9.53 Å². The number of rotatable bonds is 3. The molecule has 24 heavy (non-hydrogen) atoms. The molecular formula is C21H34O3. The van der Waals surface area contributed by atoms with E-state index in [0.29, 0.717) is 12.3 Å². The van der Waals surface area contributed by atoms with Crippen LogP contribution in [0, 0.1) is 27.6 Å². The van der Waals surface area contributed by atoms with Crippen molar-refractivity contribution in [1.29, 1.82) is 0 Å². The third-order valence-electron chi connectivity index (χ3n) is 7.53. The average Bonchev–Trinajstić information content (AvgIpc) is 3.05. The standard InChI is InChI=1S/C21H34O3/c1-16(2,3)9-21(10-17(21,4)5)15(22)24-20-8-14-7-19(14,13-20)11-18(6,23)12-20/h14,23H,7-13H2,1-6H3. The van der Waals surface area contributed by atoms with E-state index < -0.39 is 11.2 Å². The van der Waals surface area contributed by atoms with Gasteiger partial charge in [0.15, 0.2) is 0 Å². The number of carbonyl (C=O) groups is 1. The van der Waals surface area contributed by atoms with Gasteiger partial charge in [0.1, 0.15) is 5.60 Å². The molecule has 136 valence electrons. The largest absolute Gasteiger partial charge is 0.458 e. The Morgan fingerprint density at radius 3 is 2.25 bits per heavy atom. The summed E-state index contributed by atoms with van der Waals surface area (Å²) in [5, 5.41) is 10.7. The molecule has 0 aromatic carbocycles. The molecule has 0 aromatic heterocycles. The van der Waals surface area contributed by atoms with E-state index in [2.05, 4.69) is 34.6 Å². The minimum absolute atomic E-state index is 0.0107. The van der Waals surface area contributed by atoms with E-state index >= 15 is 0 Å². The van der Waals surface area contributed by atoms with Crippen molar-refractivity contribution in [3.05, 3.63) is 0 Å². The van der Waals surface area contributed by atoms with Crippen molar-refractivity contribution >= 4 is 5.97 Å². The van der Waals surface area contributed by atoms with Gasteiger partial charge < -0.3 is 9.84 Å². The summed E-state index contributed by atoms with van der Waals surface area (Å²) in [6.45, 7) is 13.0. The lowest BCUT2D eigenvalue weighted by Gasteiger charge is -2.44. The Labute approximate surface area is 146 Å². The van der Waals surface area contributed by atoms with Crippen molar-refractivity contribution in [2.24, 2.45) is 27.6 Å². The molecule has 5 atom stereocenters. The Balaban J connectivity index is 1.56. The summed E-state index contributed by atoms with van der Waals surface area (Å²) in [5.74, 6) is 0.682.